The number of halogens is 2. The molecular weight excluding hydrogens is 273 g/mol. The SMILES string of the molecule is CC(C)[C@@H](CO)NCc1cc(F)ccc1Br. The zero-order valence-corrected chi connectivity index (χ0v) is 11.1. The summed E-state index contributed by atoms with van der Waals surface area (Å²) in [6.45, 7) is 4.70. The third kappa shape index (κ3) is 3.85. The van der Waals surface area contributed by atoms with Gasteiger partial charge in [0.25, 0.3) is 0 Å². The Hall–Kier alpha value is -0.450. The molecule has 2 nitrogen and oxygen atoms in total. The number of hydrogen-bond acceptors (Lipinski definition) is 2. The zero-order valence-electron chi connectivity index (χ0n) is 9.50. The number of hydrogen-bond donors (Lipinski definition) is 2. The van der Waals surface area contributed by atoms with Crippen molar-refractivity contribution in [1.82, 2.24) is 5.32 Å². The first-order valence-corrected chi connectivity index (χ1v) is 6.12. The molecule has 0 saturated heterocycles. The van der Waals surface area contributed by atoms with E-state index in [4.69, 9.17) is 5.11 Å². The monoisotopic (exact) mass is 289 g/mol. The third-order valence-electron chi connectivity index (χ3n) is 2.56. The summed E-state index contributed by atoms with van der Waals surface area (Å²) in [6, 6.07) is 4.64. The highest BCUT2D eigenvalue weighted by molar-refractivity contribution is 9.10. The van der Waals surface area contributed by atoms with Gasteiger partial charge in [0.15, 0.2) is 0 Å². The first kappa shape index (κ1) is 13.6. The van der Waals surface area contributed by atoms with Crippen LogP contribution in [0.2, 0.25) is 0 Å². The van der Waals surface area contributed by atoms with Gasteiger partial charge >= 0.3 is 0 Å². The van der Waals surface area contributed by atoms with Gasteiger partial charge in [0, 0.05) is 17.1 Å². The van der Waals surface area contributed by atoms with E-state index >= 15 is 0 Å². The maximum absolute atomic E-state index is 13.0. The second kappa shape index (κ2) is 6.33. The van der Waals surface area contributed by atoms with Gasteiger partial charge in [-0.2, -0.15) is 0 Å². The molecule has 0 bridgehead atoms. The first-order valence-electron chi connectivity index (χ1n) is 5.32. The fraction of sp³-hybridized carbons (Fsp3) is 0.500. The van der Waals surface area contributed by atoms with Crippen molar-refractivity contribution in [1.29, 1.82) is 0 Å². The molecule has 1 aromatic rings. The molecule has 0 saturated carbocycles. The van der Waals surface area contributed by atoms with Crippen molar-refractivity contribution >= 4 is 15.9 Å². The van der Waals surface area contributed by atoms with Crippen LogP contribution in [0.5, 0.6) is 0 Å². The molecule has 0 aliphatic heterocycles. The summed E-state index contributed by atoms with van der Waals surface area (Å²) in [7, 11) is 0. The number of aliphatic hydroxyl groups is 1. The standard InChI is InChI=1S/C12H17BrFNO/c1-8(2)12(7-16)15-6-9-5-10(14)3-4-11(9)13/h3-5,8,12,15-16H,6-7H2,1-2H3/t12-/m1/s1. The Kier molecular flexibility index (Phi) is 5.38. The molecule has 0 amide bonds. The van der Waals surface area contributed by atoms with Gasteiger partial charge in [-0.15, -0.1) is 0 Å². The van der Waals surface area contributed by atoms with Gasteiger partial charge in [-0.25, -0.2) is 4.39 Å². The van der Waals surface area contributed by atoms with Crippen molar-refractivity contribution in [2.45, 2.75) is 26.4 Å². The normalized spacial score (nSPS) is 13.1. The van der Waals surface area contributed by atoms with Crippen LogP contribution in [-0.2, 0) is 6.54 Å². The smallest absolute Gasteiger partial charge is 0.123 e. The van der Waals surface area contributed by atoms with Gasteiger partial charge in [-0.3, -0.25) is 0 Å². The molecule has 0 aliphatic carbocycles. The summed E-state index contributed by atoms with van der Waals surface area (Å²) in [6.07, 6.45) is 0. The fourth-order valence-corrected chi connectivity index (χ4v) is 1.82. The van der Waals surface area contributed by atoms with Crippen molar-refractivity contribution in [2.75, 3.05) is 6.61 Å². The molecule has 16 heavy (non-hydrogen) atoms. The average Bonchev–Trinajstić information content (AvgIpc) is 2.23. The van der Waals surface area contributed by atoms with Crippen LogP contribution < -0.4 is 5.32 Å². The topological polar surface area (TPSA) is 32.3 Å². The second-order valence-electron chi connectivity index (χ2n) is 4.15. The van der Waals surface area contributed by atoms with E-state index in [1.807, 2.05) is 13.8 Å². The lowest BCUT2D eigenvalue weighted by Gasteiger charge is -2.20. The van der Waals surface area contributed by atoms with Crippen molar-refractivity contribution in [3.63, 3.8) is 0 Å². The van der Waals surface area contributed by atoms with Crippen LogP contribution in [0, 0.1) is 11.7 Å². The number of benzene rings is 1. The summed E-state index contributed by atoms with van der Waals surface area (Å²) in [5.74, 6) is 0.0995. The minimum atomic E-state index is -0.245. The van der Waals surface area contributed by atoms with E-state index in [-0.39, 0.29) is 18.5 Å². The molecule has 0 spiro atoms. The number of rotatable bonds is 5. The Bertz CT molecular complexity index is 344. The first-order chi connectivity index (χ1) is 7.54. The molecule has 1 rings (SSSR count). The molecule has 0 aromatic heterocycles. The minimum absolute atomic E-state index is 0.0372. The fourth-order valence-electron chi connectivity index (χ4n) is 1.43. The Morgan fingerprint density at radius 1 is 1.44 bits per heavy atom. The molecule has 0 fully saturated rings. The molecule has 1 aromatic carbocycles. The summed E-state index contributed by atoms with van der Waals surface area (Å²) < 4.78 is 13.9. The largest absolute Gasteiger partial charge is 0.395 e. The minimum Gasteiger partial charge on any atom is -0.395 e. The van der Waals surface area contributed by atoms with E-state index in [1.165, 1.54) is 12.1 Å². The van der Waals surface area contributed by atoms with Crippen LogP contribution in [0.4, 0.5) is 4.39 Å². The molecule has 4 heteroatoms. The van der Waals surface area contributed by atoms with Gasteiger partial charge in [0.05, 0.1) is 6.61 Å². The van der Waals surface area contributed by atoms with E-state index < -0.39 is 0 Å². The van der Waals surface area contributed by atoms with Crippen molar-refractivity contribution in [3.8, 4) is 0 Å². The van der Waals surface area contributed by atoms with E-state index in [1.54, 1.807) is 6.07 Å². The van der Waals surface area contributed by atoms with Crippen LogP contribution in [0.25, 0.3) is 0 Å². The van der Waals surface area contributed by atoms with Gasteiger partial charge in [0.2, 0.25) is 0 Å². The van der Waals surface area contributed by atoms with E-state index in [9.17, 15) is 4.39 Å². The van der Waals surface area contributed by atoms with Crippen molar-refractivity contribution < 1.29 is 9.50 Å². The predicted octanol–water partition coefficient (Wildman–Crippen LogP) is 2.69. The Morgan fingerprint density at radius 2 is 2.12 bits per heavy atom. The Morgan fingerprint density at radius 3 is 2.69 bits per heavy atom. The maximum Gasteiger partial charge on any atom is 0.123 e. The predicted molar refractivity (Wildman–Crippen MR) is 66.7 cm³/mol. The molecule has 2 N–H and O–H groups in total. The highest BCUT2D eigenvalue weighted by Gasteiger charge is 2.12. The average molecular weight is 290 g/mol. The van der Waals surface area contributed by atoms with Crippen LogP contribution in [0.3, 0.4) is 0 Å². The van der Waals surface area contributed by atoms with E-state index in [0.717, 1.165) is 10.0 Å². The van der Waals surface area contributed by atoms with E-state index in [2.05, 4.69) is 21.2 Å². The lowest BCUT2D eigenvalue weighted by Crippen LogP contribution is -2.36. The van der Waals surface area contributed by atoms with Crippen LogP contribution in [-0.4, -0.2) is 17.8 Å². The second-order valence-corrected chi connectivity index (χ2v) is 5.00. The lowest BCUT2D eigenvalue weighted by molar-refractivity contribution is 0.210. The van der Waals surface area contributed by atoms with Gasteiger partial charge in [0.1, 0.15) is 5.82 Å². The Labute approximate surface area is 104 Å². The molecule has 0 heterocycles. The maximum atomic E-state index is 13.0. The summed E-state index contributed by atoms with van der Waals surface area (Å²) in [5, 5.41) is 12.4. The molecule has 0 radical (unpaired) electrons. The van der Waals surface area contributed by atoms with Crippen LogP contribution in [0.15, 0.2) is 22.7 Å². The lowest BCUT2D eigenvalue weighted by atomic mass is 10.1. The third-order valence-corrected chi connectivity index (χ3v) is 3.34. The van der Waals surface area contributed by atoms with Crippen LogP contribution in [0.1, 0.15) is 19.4 Å². The number of nitrogens with one attached hydrogen (secondary N) is 1. The quantitative estimate of drug-likeness (QED) is 0.874. The van der Waals surface area contributed by atoms with Gasteiger partial charge < -0.3 is 10.4 Å². The van der Waals surface area contributed by atoms with Crippen molar-refractivity contribution in [3.05, 3.63) is 34.1 Å². The molecule has 0 unspecified atom stereocenters. The highest BCUT2D eigenvalue weighted by Crippen LogP contribution is 2.18. The number of aliphatic hydroxyl groups excluding tert-OH is 1. The summed E-state index contributed by atoms with van der Waals surface area (Å²) in [4.78, 5) is 0. The molecule has 90 valence electrons. The van der Waals surface area contributed by atoms with Gasteiger partial charge in [-0.05, 0) is 29.7 Å². The van der Waals surface area contributed by atoms with E-state index in [0.29, 0.717) is 12.5 Å². The van der Waals surface area contributed by atoms with Crippen LogP contribution >= 0.6 is 15.9 Å². The Balaban J connectivity index is 2.63. The zero-order chi connectivity index (χ0) is 12.1. The van der Waals surface area contributed by atoms with Crippen molar-refractivity contribution in [2.24, 2.45) is 5.92 Å². The molecule has 1 atom stereocenters. The summed E-state index contributed by atoms with van der Waals surface area (Å²) in [5.41, 5.74) is 0.860. The molecular formula is C12H17BrFNO. The molecule has 0 aliphatic rings. The highest BCUT2D eigenvalue weighted by atomic mass is 79.9. The van der Waals surface area contributed by atoms with Gasteiger partial charge in [-0.1, -0.05) is 29.8 Å². The summed E-state index contributed by atoms with van der Waals surface area (Å²) >= 11 is 3.37.